The molecule has 18 heavy (non-hydrogen) atoms. The Kier molecular flexibility index (Phi) is 4.98. The number of ether oxygens (including phenoxy) is 1. The summed E-state index contributed by atoms with van der Waals surface area (Å²) in [4.78, 5) is 0. The molecule has 0 aliphatic rings. The fourth-order valence-electron chi connectivity index (χ4n) is 1.41. The minimum Gasteiger partial charge on any atom is -0.382 e. The Labute approximate surface area is 103 Å². The molecular weight excluding hydrogens is 245 g/mol. The number of nitrogens with one attached hydrogen (secondary N) is 1. The normalized spacial score (nSPS) is 11.1. The highest BCUT2D eigenvalue weighted by atomic mass is 19.4. The maximum absolute atomic E-state index is 11.8. The smallest absolute Gasteiger partial charge is 0.382 e. The lowest BCUT2D eigenvalue weighted by Gasteiger charge is -2.11. The maximum atomic E-state index is 11.8. The van der Waals surface area contributed by atoms with Crippen LogP contribution in [0.2, 0.25) is 0 Å². The quantitative estimate of drug-likeness (QED) is 0.826. The second-order valence-electron chi connectivity index (χ2n) is 3.70. The average Bonchev–Trinajstić information content (AvgIpc) is 2.27. The molecule has 98 valence electrons. The fourth-order valence-corrected chi connectivity index (χ4v) is 1.41. The Morgan fingerprint density at radius 1 is 1.39 bits per heavy atom. The van der Waals surface area contributed by atoms with Crippen LogP contribution in [0.25, 0.3) is 0 Å². The summed E-state index contributed by atoms with van der Waals surface area (Å²) in [6.45, 7) is 0.685. The van der Waals surface area contributed by atoms with E-state index in [0.717, 1.165) is 5.56 Å². The second-order valence-corrected chi connectivity index (χ2v) is 3.70. The zero-order chi connectivity index (χ0) is 13.6. The van der Waals surface area contributed by atoms with Gasteiger partial charge in [0.1, 0.15) is 12.7 Å². The summed E-state index contributed by atoms with van der Waals surface area (Å²) in [6, 6.07) is 7.32. The highest BCUT2D eigenvalue weighted by Crippen LogP contribution is 2.18. The number of nitrogens with zero attached hydrogens (tertiary/aromatic N) is 1. The van der Waals surface area contributed by atoms with Crippen molar-refractivity contribution in [3.63, 3.8) is 0 Å². The van der Waals surface area contributed by atoms with Crippen LogP contribution in [0, 0.1) is 18.3 Å². The van der Waals surface area contributed by atoms with E-state index in [-0.39, 0.29) is 13.2 Å². The van der Waals surface area contributed by atoms with Gasteiger partial charge < -0.3 is 10.1 Å². The average molecular weight is 258 g/mol. The summed E-state index contributed by atoms with van der Waals surface area (Å²) in [5.41, 5.74) is 1.92. The molecule has 0 amide bonds. The van der Waals surface area contributed by atoms with Crippen LogP contribution in [0.3, 0.4) is 0 Å². The van der Waals surface area contributed by atoms with Crippen LogP contribution >= 0.6 is 0 Å². The van der Waals surface area contributed by atoms with Gasteiger partial charge in [0.05, 0.1) is 17.9 Å². The van der Waals surface area contributed by atoms with Gasteiger partial charge in [-0.2, -0.15) is 18.4 Å². The van der Waals surface area contributed by atoms with Crippen molar-refractivity contribution >= 4 is 5.69 Å². The van der Waals surface area contributed by atoms with Gasteiger partial charge in [0.25, 0.3) is 0 Å². The summed E-state index contributed by atoms with van der Waals surface area (Å²) in [6.07, 6.45) is -4.30. The molecule has 1 N–H and O–H groups in total. The van der Waals surface area contributed by atoms with Crippen LogP contribution in [-0.4, -0.2) is 25.9 Å². The molecule has 6 heteroatoms. The number of aryl methyl sites for hydroxylation is 1. The molecule has 0 atom stereocenters. The molecule has 0 spiro atoms. The third-order valence-corrected chi connectivity index (χ3v) is 2.21. The van der Waals surface area contributed by atoms with Crippen molar-refractivity contribution in [2.75, 3.05) is 25.1 Å². The van der Waals surface area contributed by atoms with E-state index in [0.29, 0.717) is 11.3 Å². The van der Waals surface area contributed by atoms with Crippen LogP contribution in [-0.2, 0) is 4.74 Å². The summed E-state index contributed by atoms with van der Waals surface area (Å²) < 4.78 is 39.8. The molecule has 0 aliphatic carbocycles. The number of hydrogen-bond donors (Lipinski definition) is 1. The zero-order valence-corrected chi connectivity index (χ0v) is 9.84. The summed E-state index contributed by atoms with van der Waals surface area (Å²) in [5, 5.41) is 11.8. The first-order valence-corrected chi connectivity index (χ1v) is 5.32. The summed E-state index contributed by atoms with van der Waals surface area (Å²) in [5.74, 6) is 0. The van der Waals surface area contributed by atoms with E-state index >= 15 is 0 Å². The van der Waals surface area contributed by atoms with Crippen molar-refractivity contribution < 1.29 is 17.9 Å². The Morgan fingerprint density at radius 3 is 2.72 bits per heavy atom. The predicted molar refractivity (Wildman–Crippen MR) is 61.3 cm³/mol. The SMILES string of the molecule is Cc1cccc(NCCOCC(F)(F)F)c1C#N. The van der Waals surface area contributed by atoms with Gasteiger partial charge in [0, 0.05) is 6.54 Å². The minimum absolute atomic E-state index is 0.0711. The first-order valence-electron chi connectivity index (χ1n) is 5.32. The van der Waals surface area contributed by atoms with Crippen molar-refractivity contribution in [3.8, 4) is 6.07 Å². The predicted octanol–water partition coefficient (Wildman–Crippen LogP) is 2.86. The Balaban J connectivity index is 2.41. The van der Waals surface area contributed by atoms with Crippen LogP contribution in [0.5, 0.6) is 0 Å². The number of hydrogen-bond acceptors (Lipinski definition) is 3. The van der Waals surface area contributed by atoms with Crippen molar-refractivity contribution in [1.82, 2.24) is 0 Å². The van der Waals surface area contributed by atoms with Crippen LogP contribution < -0.4 is 5.32 Å². The summed E-state index contributed by atoms with van der Waals surface area (Å²) in [7, 11) is 0. The fraction of sp³-hybridized carbons (Fsp3) is 0.417. The standard InChI is InChI=1S/C12H13F3N2O/c1-9-3-2-4-11(10(9)7-16)17-5-6-18-8-12(13,14)15/h2-4,17H,5-6,8H2,1H3. The zero-order valence-electron chi connectivity index (χ0n) is 9.84. The van der Waals surface area contributed by atoms with E-state index in [1.807, 2.05) is 6.07 Å². The number of anilines is 1. The molecule has 0 bridgehead atoms. The largest absolute Gasteiger partial charge is 0.411 e. The molecule has 0 aromatic heterocycles. The monoisotopic (exact) mass is 258 g/mol. The Bertz CT molecular complexity index is 438. The van der Waals surface area contributed by atoms with E-state index in [2.05, 4.69) is 10.1 Å². The molecular formula is C12H13F3N2O. The maximum Gasteiger partial charge on any atom is 0.411 e. The molecule has 0 fully saturated rings. The van der Waals surface area contributed by atoms with Gasteiger partial charge in [0.15, 0.2) is 0 Å². The van der Waals surface area contributed by atoms with E-state index in [1.54, 1.807) is 25.1 Å². The molecule has 0 unspecified atom stereocenters. The number of benzene rings is 1. The molecule has 1 aromatic carbocycles. The topological polar surface area (TPSA) is 45.0 Å². The van der Waals surface area contributed by atoms with Gasteiger partial charge in [-0.3, -0.25) is 0 Å². The van der Waals surface area contributed by atoms with Crippen molar-refractivity contribution in [3.05, 3.63) is 29.3 Å². The molecule has 1 aromatic rings. The summed E-state index contributed by atoms with van der Waals surface area (Å²) >= 11 is 0. The van der Waals surface area contributed by atoms with Crippen LogP contribution in [0.1, 0.15) is 11.1 Å². The number of alkyl halides is 3. The van der Waals surface area contributed by atoms with Gasteiger partial charge in [-0.15, -0.1) is 0 Å². The van der Waals surface area contributed by atoms with E-state index in [9.17, 15) is 13.2 Å². The van der Waals surface area contributed by atoms with Crippen molar-refractivity contribution in [2.45, 2.75) is 13.1 Å². The number of halogens is 3. The molecule has 0 saturated heterocycles. The molecule has 0 heterocycles. The second kappa shape index (κ2) is 6.26. The lowest BCUT2D eigenvalue weighted by Crippen LogP contribution is -2.20. The highest BCUT2D eigenvalue weighted by Gasteiger charge is 2.27. The first-order chi connectivity index (χ1) is 8.44. The Hall–Kier alpha value is -1.74. The van der Waals surface area contributed by atoms with Gasteiger partial charge >= 0.3 is 6.18 Å². The van der Waals surface area contributed by atoms with Gasteiger partial charge in [0.2, 0.25) is 0 Å². The van der Waals surface area contributed by atoms with Gasteiger partial charge in [-0.05, 0) is 18.6 Å². The lowest BCUT2D eigenvalue weighted by atomic mass is 10.1. The van der Waals surface area contributed by atoms with E-state index in [1.165, 1.54) is 0 Å². The molecule has 1 rings (SSSR count). The van der Waals surface area contributed by atoms with Crippen molar-refractivity contribution in [1.29, 1.82) is 5.26 Å². The lowest BCUT2D eigenvalue weighted by molar-refractivity contribution is -0.172. The van der Waals surface area contributed by atoms with Crippen molar-refractivity contribution in [2.24, 2.45) is 0 Å². The Morgan fingerprint density at radius 2 is 2.11 bits per heavy atom. The minimum atomic E-state index is -4.30. The molecule has 0 saturated carbocycles. The third kappa shape index (κ3) is 4.63. The molecule has 0 radical (unpaired) electrons. The number of rotatable bonds is 5. The van der Waals surface area contributed by atoms with Gasteiger partial charge in [-0.25, -0.2) is 0 Å². The number of nitriles is 1. The third-order valence-electron chi connectivity index (χ3n) is 2.21. The van der Waals surface area contributed by atoms with E-state index < -0.39 is 12.8 Å². The van der Waals surface area contributed by atoms with Crippen LogP contribution in [0.15, 0.2) is 18.2 Å². The first kappa shape index (κ1) is 14.3. The molecule has 3 nitrogen and oxygen atoms in total. The van der Waals surface area contributed by atoms with Crippen LogP contribution in [0.4, 0.5) is 18.9 Å². The highest BCUT2D eigenvalue weighted by molar-refractivity contribution is 5.60. The molecule has 0 aliphatic heterocycles. The van der Waals surface area contributed by atoms with Gasteiger partial charge in [-0.1, -0.05) is 12.1 Å². The van der Waals surface area contributed by atoms with E-state index in [4.69, 9.17) is 5.26 Å².